The summed E-state index contributed by atoms with van der Waals surface area (Å²) in [7, 11) is 1.64. The zero-order chi connectivity index (χ0) is 14.4. The number of likely N-dealkylation sites (N-methyl/N-ethyl adjacent to an activating group) is 1. The van der Waals surface area contributed by atoms with Crippen LogP contribution in [0.15, 0.2) is 18.2 Å². The molecule has 0 saturated carbocycles. The first kappa shape index (κ1) is 14.9. The molecule has 0 fully saturated rings. The number of carbonyl (C=O) groups is 2. The van der Waals surface area contributed by atoms with Gasteiger partial charge in [-0.3, -0.25) is 9.78 Å². The lowest BCUT2D eigenvalue weighted by Gasteiger charge is -2.25. The summed E-state index contributed by atoms with van der Waals surface area (Å²) in [6.07, 6.45) is 0. The molecule has 0 radical (unpaired) electrons. The van der Waals surface area contributed by atoms with Gasteiger partial charge in [0.25, 0.3) is 0 Å². The summed E-state index contributed by atoms with van der Waals surface area (Å²) >= 11 is 0. The molecule has 6 nitrogen and oxygen atoms in total. The Morgan fingerprint density at radius 2 is 2.05 bits per heavy atom. The van der Waals surface area contributed by atoms with Crippen LogP contribution in [0.25, 0.3) is 0 Å². The maximum absolute atomic E-state index is 12.1. The van der Waals surface area contributed by atoms with Crippen LogP contribution >= 0.6 is 0 Å². The lowest BCUT2D eigenvalue weighted by molar-refractivity contribution is -0.137. The Kier molecular flexibility index (Phi) is 5.29. The molecule has 1 aromatic heterocycles. The summed E-state index contributed by atoms with van der Waals surface area (Å²) < 4.78 is 0. The molecule has 19 heavy (non-hydrogen) atoms. The van der Waals surface area contributed by atoms with Gasteiger partial charge in [-0.2, -0.15) is 0 Å². The molecule has 0 aliphatic heterocycles. The van der Waals surface area contributed by atoms with Crippen LogP contribution in [0, 0.1) is 6.92 Å². The predicted molar refractivity (Wildman–Crippen MR) is 70.7 cm³/mol. The molecule has 0 saturated heterocycles. The number of aromatic nitrogens is 1. The smallest absolute Gasteiger partial charge is 0.323 e. The average molecular weight is 265 g/mol. The molecule has 1 aromatic rings. The monoisotopic (exact) mass is 265 g/mol. The molecule has 0 atom stereocenters. The maximum atomic E-state index is 12.1. The van der Waals surface area contributed by atoms with Crippen molar-refractivity contribution < 1.29 is 14.7 Å². The van der Waals surface area contributed by atoms with Crippen molar-refractivity contribution in [3.63, 3.8) is 0 Å². The van der Waals surface area contributed by atoms with Crippen molar-refractivity contribution in [1.29, 1.82) is 0 Å². The number of aliphatic carboxylic acids is 1. The molecule has 1 N–H and O–H groups in total. The Morgan fingerprint density at radius 3 is 2.58 bits per heavy atom. The maximum Gasteiger partial charge on any atom is 0.323 e. The van der Waals surface area contributed by atoms with Gasteiger partial charge in [-0.15, -0.1) is 0 Å². The highest BCUT2D eigenvalue weighted by Gasteiger charge is 2.19. The zero-order valence-corrected chi connectivity index (χ0v) is 11.5. The lowest BCUT2D eigenvalue weighted by atomic mass is 10.3. The quantitative estimate of drug-likeness (QED) is 0.872. The molecule has 0 aromatic carbocycles. The van der Waals surface area contributed by atoms with E-state index in [0.717, 1.165) is 11.4 Å². The van der Waals surface area contributed by atoms with Crippen LogP contribution in [0.1, 0.15) is 18.3 Å². The van der Waals surface area contributed by atoms with Crippen LogP contribution in [0.5, 0.6) is 0 Å². The van der Waals surface area contributed by atoms with Crippen molar-refractivity contribution in [2.45, 2.75) is 20.4 Å². The van der Waals surface area contributed by atoms with E-state index in [1.165, 1.54) is 9.80 Å². The Hall–Kier alpha value is -2.11. The fourth-order valence-electron chi connectivity index (χ4n) is 1.72. The number of aryl methyl sites for hydroxylation is 1. The molecule has 0 aliphatic rings. The first-order valence-corrected chi connectivity index (χ1v) is 6.08. The summed E-state index contributed by atoms with van der Waals surface area (Å²) in [6, 6.07) is 5.29. The van der Waals surface area contributed by atoms with Crippen molar-refractivity contribution in [3.05, 3.63) is 29.6 Å². The second-order valence-electron chi connectivity index (χ2n) is 4.32. The zero-order valence-electron chi connectivity index (χ0n) is 11.5. The Morgan fingerprint density at radius 1 is 1.37 bits per heavy atom. The van der Waals surface area contributed by atoms with Crippen molar-refractivity contribution in [1.82, 2.24) is 14.8 Å². The third kappa shape index (κ3) is 4.57. The van der Waals surface area contributed by atoms with E-state index >= 15 is 0 Å². The fraction of sp³-hybridized carbons (Fsp3) is 0.462. The molecular formula is C13H19N3O3. The highest BCUT2D eigenvalue weighted by Crippen LogP contribution is 2.05. The summed E-state index contributed by atoms with van der Waals surface area (Å²) in [5, 5.41) is 8.75. The number of carbonyl (C=O) groups excluding carboxylic acids is 1. The number of carboxylic acids is 1. The Balaban J connectivity index is 2.68. The minimum absolute atomic E-state index is 0.291. The second kappa shape index (κ2) is 6.72. The van der Waals surface area contributed by atoms with Gasteiger partial charge in [0, 0.05) is 19.3 Å². The minimum atomic E-state index is -1.02. The summed E-state index contributed by atoms with van der Waals surface area (Å²) in [6.45, 7) is 4.06. The number of hydrogen-bond acceptors (Lipinski definition) is 3. The highest BCUT2D eigenvalue weighted by atomic mass is 16.4. The van der Waals surface area contributed by atoms with E-state index in [1.807, 2.05) is 25.1 Å². The normalized spacial score (nSPS) is 10.1. The van der Waals surface area contributed by atoms with Gasteiger partial charge in [0.05, 0.1) is 12.2 Å². The van der Waals surface area contributed by atoms with Gasteiger partial charge < -0.3 is 14.9 Å². The highest BCUT2D eigenvalue weighted by molar-refractivity contribution is 5.79. The molecule has 1 rings (SSSR count). The van der Waals surface area contributed by atoms with Crippen molar-refractivity contribution in [3.8, 4) is 0 Å². The largest absolute Gasteiger partial charge is 0.480 e. The van der Waals surface area contributed by atoms with Crippen LogP contribution in [-0.2, 0) is 11.3 Å². The SMILES string of the molecule is CCN(CC(=O)O)C(=O)N(C)Cc1cccc(C)n1. The van der Waals surface area contributed by atoms with E-state index in [9.17, 15) is 9.59 Å². The van der Waals surface area contributed by atoms with Crippen LogP contribution in [0.2, 0.25) is 0 Å². The van der Waals surface area contributed by atoms with Crippen molar-refractivity contribution in [2.24, 2.45) is 0 Å². The van der Waals surface area contributed by atoms with Crippen LogP contribution in [-0.4, -0.2) is 52.0 Å². The van der Waals surface area contributed by atoms with Gasteiger partial charge in [0.2, 0.25) is 0 Å². The van der Waals surface area contributed by atoms with Crippen LogP contribution < -0.4 is 0 Å². The third-order valence-corrected chi connectivity index (χ3v) is 2.65. The summed E-state index contributed by atoms with van der Waals surface area (Å²) in [5.74, 6) is -1.02. The summed E-state index contributed by atoms with van der Waals surface area (Å²) in [4.78, 5) is 29.8. The fourth-order valence-corrected chi connectivity index (χ4v) is 1.72. The van der Waals surface area contributed by atoms with E-state index < -0.39 is 5.97 Å². The first-order valence-electron chi connectivity index (χ1n) is 6.08. The molecule has 0 spiro atoms. The van der Waals surface area contributed by atoms with E-state index in [1.54, 1.807) is 14.0 Å². The predicted octanol–water partition coefficient (Wildman–Crippen LogP) is 1.35. The van der Waals surface area contributed by atoms with Gasteiger partial charge >= 0.3 is 12.0 Å². The number of rotatable bonds is 5. The first-order chi connectivity index (χ1) is 8.93. The molecule has 0 aliphatic carbocycles. The van der Waals surface area contributed by atoms with Crippen LogP contribution in [0.3, 0.4) is 0 Å². The van der Waals surface area contributed by atoms with Gasteiger partial charge in [-0.25, -0.2) is 4.79 Å². The number of hydrogen-bond donors (Lipinski definition) is 1. The average Bonchev–Trinajstić information content (AvgIpc) is 2.34. The number of urea groups is 1. The standard InChI is InChI=1S/C13H19N3O3/c1-4-16(9-12(17)18)13(19)15(3)8-11-7-5-6-10(2)14-11/h5-7H,4,8-9H2,1-3H3,(H,17,18). The van der Waals surface area contributed by atoms with Gasteiger partial charge in [-0.1, -0.05) is 6.07 Å². The molecule has 0 unspecified atom stereocenters. The molecule has 6 heteroatoms. The Bertz CT molecular complexity index is 462. The molecule has 2 amide bonds. The number of pyridine rings is 1. The summed E-state index contributed by atoms with van der Waals surface area (Å²) in [5.41, 5.74) is 1.67. The third-order valence-electron chi connectivity index (χ3n) is 2.65. The minimum Gasteiger partial charge on any atom is -0.480 e. The lowest BCUT2D eigenvalue weighted by Crippen LogP contribution is -2.43. The second-order valence-corrected chi connectivity index (χ2v) is 4.32. The number of amides is 2. The van der Waals surface area contributed by atoms with E-state index in [-0.39, 0.29) is 12.6 Å². The van der Waals surface area contributed by atoms with Gasteiger partial charge in [0.15, 0.2) is 0 Å². The van der Waals surface area contributed by atoms with E-state index in [2.05, 4.69) is 4.98 Å². The topological polar surface area (TPSA) is 73.7 Å². The van der Waals surface area contributed by atoms with Crippen molar-refractivity contribution >= 4 is 12.0 Å². The molecule has 1 heterocycles. The molecular weight excluding hydrogens is 246 g/mol. The van der Waals surface area contributed by atoms with E-state index in [4.69, 9.17) is 5.11 Å². The number of carboxylic acid groups (broad SMARTS) is 1. The molecule has 104 valence electrons. The van der Waals surface area contributed by atoms with Crippen LogP contribution in [0.4, 0.5) is 4.79 Å². The number of nitrogens with zero attached hydrogens (tertiary/aromatic N) is 3. The van der Waals surface area contributed by atoms with E-state index in [0.29, 0.717) is 13.1 Å². The van der Waals surface area contributed by atoms with Crippen molar-refractivity contribution in [2.75, 3.05) is 20.1 Å². The Labute approximate surface area is 112 Å². The van der Waals surface area contributed by atoms with Gasteiger partial charge in [-0.05, 0) is 26.0 Å². The molecule has 0 bridgehead atoms. The van der Waals surface area contributed by atoms with Gasteiger partial charge in [0.1, 0.15) is 6.54 Å².